The van der Waals surface area contributed by atoms with Gasteiger partial charge in [0.2, 0.25) is 0 Å². The van der Waals surface area contributed by atoms with E-state index in [4.69, 9.17) is 5.21 Å². The first-order valence-corrected chi connectivity index (χ1v) is 6.62. The van der Waals surface area contributed by atoms with Crippen LogP contribution in [-0.4, -0.2) is 33.6 Å². The van der Waals surface area contributed by atoms with Crippen molar-refractivity contribution in [3.63, 3.8) is 0 Å². The number of nitrogens with zero attached hydrogens (tertiary/aromatic N) is 4. The fourth-order valence-corrected chi connectivity index (χ4v) is 2.27. The van der Waals surface area contributed by atoms with Gasteiger partial charge < -0.3 is 14.7 Å². The van der Waals surface area contributed by atoms with Crippen molar-refractivity contribution in [3.8, 4) is 0 Å². The summed E-state index contributed by atoms with van der Waals surface area (Å²) in [5.41, 5.74) is 0.746. The highest BCUT2D eigenvalue weighted by Crippen LogP contribution is 2.12. The van der Waals surface area contributed by atoms with Gasteiger partial charge in [0.25, 0.3) is 5.56 Å². The molecule has 0 spiro atoms. The summed E-state index contributed by atoms with van der Waals surface area (Å²) in [6.45, 7) is 6.21. The molecule has 0 bridgehead atoms. The van der Waals surface area contributed by atoms with E-state index in [0.29, 0.717) is 44.2 Å². The SMILES string of the molecule is CC(C)Cn1ccnc(N2CCC(=NO)CC2)c1=O. The zero-order valence-electron chi connectivity index (χ0n) is 11.4. The maximum atomic E-state index is 12.3. The average Bonchev–Trinajstić information content (AvgIpc) is 2.41. The Morgan fingerprint density at radius 1 is 1.42 bits per heavy atom. The van der Waals surface area contributed by atoms with E-state index < -0.39 is 0 Å². The van der Waals surface area contributed by atoms with E-state index in [2.05, 4.69) is 24.0 Å². The molecule has 0 aromatic carbocycles. The van der Waals surface area contributed by atoms with Crippen LogP contribution in [0, 0.1) is 5.92 Å². The van der Waals surface area contributed by atoms with Crippen molar-refractivity contribution in [3.05, 3.63) is 22.7 Å². The number of rotatable bonds is 3. The second-order valence-corrected chi connectivity index (χ2v) is 5.26. The van der Waals surface area contributed by atoms with Crippen molar-refractivity contribution in [2.75, 3.05) is 18.0 Å². The first kappa shape index (κ1) is 13.6. The fraction of sp³-hybridized carbons (Fsp3) is 0.615. The normalized spacial score (nSPS) is 15.9. The van der Waals surface area contributed by atoms with E-state index in [0.717, 1.165) is 5.71 Å². The van der Waals surface area contributed by atoms with E-state index in [1.54, 1.807) is 17.0 Å². The molecule has 6 nitrogen and oxygen atoms in total. The molecule has 1 aromatic heterocycles. The summed E-state index contributed by atoms with van der Waals surface area (Å²) < 4.78 is 1.71. The molecule has 1 fully saturated rings. The Kier molecular flexibility index (Phi) is 4.19. The molecule has 104 valence electrons. The standard InChI is InChI=1S/C13H20N4O2/c1-10(2)9-17-8-5-14-12(13(17)18)16-6-3-11(15-19)4-7-16/h5,8,10,19H,3-4,6-7,9H2,1-2H3. The van der Waals surface area contributed by atoms with E-state index in [9.17, 15) is 4.79 Å². The molecule has 0 radical (unpaired) electrons. The molecule has 0 unspecified atom stereocenters. The first-order valence-electron chi connectivity index (χ1n) is 6.62. The molecule has 0 saturated carbocycles. The highest BCUT2D eigenvalue weighted by molar-refractivity contribution is 5.85. The number of oxime groups is 1. The summed E-state index contributed by atoms with van der Waals surface area (Å²) in [6, 6.07) is 0. The van der Waals surface area contributed by atoms with Gasteiger partial charge in [-0.3, -0.25) is 4.79 Å². The smallest absolute Gasteiger partial charge is 0.293 e. The Morgan fingerprint density at radius 2 is 2.11 bits per heavy atom. The largest absolute Gasteiger partial charge is 0.411 e. The predicted octanol–water partition coefficient (Wildman–Crippen LogP) is 1.33. The van der Waals surface area contributed by atoms with Crippen molar-refractivity contribution in [2.24, 2.45) is 11.1 Å². The van der Waals surface area contributed by atoms with Crippen LogP contribution in [0.4, 0.5) is 5.82 Å². The minimum atomic E-state index is -0.0411. The number of hydrogen-bond acceptors (Lipinski definition) is 5. The molecular weight excluding hydrogens is 244 g/mol. The molecule has 2 rings (SSSR count). The van der Waals surface area contributed by atoms with Crippen LogP contribution in [0.3, 0.4) is 0 Å². The van der Waals surface area contributed by atoms with Crippen LogP contribution < -0.4 is 10.5 Å². The molecule has 0 amide bonds. The zero-order chi connectivity index (χ0) is 13.8. The van der Waals surface area contributed by atoms with Crippen LogP contribution in [0.15, 0.2) is 22.3 Å². The number of hydrogen-bond donors (Lipinski definition) is 1. The van der Waals surface area contributed by atoms with E-state index >= 15 is 0 Å². The molecule has 1 aromatic rings. The van der Waals surface area contributed by atoms with E-state index in [-0.39, 0.29) is 5.56 Å². The Morgan fingerprint density at radius 3 is 2.68 bits per heavy atom. The minimum absolute atomic E-state index is 0.0411. The van der Waals surface area contributed by atoms with Gasteiger partial charge in [-0.05, 0) is 5.92 Å². The quantitative estimate of drug-likeness (QED) is 0.660. The topological polar surface area (TPSA) is 70.7 Å². The van der Waals surface area contributed by atoms with Gasteiger partial charge in [0.1, 0.15) is 0 Å². The van der Waals surface area contributed by atoms with Crippen molar-refractivity contribution >= 4 is 11.5 Å². The molecule has 1 aliphatic heterocycles. The Balaban J connectivity index is 2.19. The fourth-order valence-electron chi connectivity index (χ4n) is 2.27. The summed E-state index contributed by atoms with van der Waals surface area (Å²) >= 11 is 0. The molecule has 1 N–H and O–H groups in total. The lowest BCUT2D eigenvalue weighted by atomic mass is 10.1. The molecular formula is C13H20N4O2. The zero-order valence-corrected chi connectivity index (χ0v) is 11.4. The average molecular weight is 264 g/mol. The highest BCUT2D eigenvalue weighted by Gasteiger charge is 2.19. The lowest BCUT2D eigenvalue weighted by Gasteiger charge is -2.27. The molecule has 2 heterocycles. The van der Waals surface area contributed by atoms with E-state index in [1.807, 2.05) is 4.90 Å². The second-order valence-electron chi connectivity index (χ2n) is 5.26. The van der Waals surface area contributed by atoms with Crippen molar-refractivity contribution in [1.82, 2.24) is 9.55 Å². The predicted molar refractivity (Wildman–Crippen MR) is 74.0 cm³/mol. The van der Waals surface area contributed by atoms with Crippen molar-refractivity contribution in [1.29, 1.82) is 0 Å². The molecule has 0 aliphatic carbocycles. The lowest BCUT2D eigenvalue weighted by molar-refractivity contribution is 0.315. The van der Waals surface area contributed by atoms with Gasteiger partial charge in [0.15, 0.2) is 5.82 Å². The van der Waals surface area contributed by atoms with Gasteiger partial charge in [-0.25, -0.2) is 4.98 Å². The number of piperidine rings is 1. The Labute approximate surface area is 112 Å². The molecule has 6 heteroatoms. The molecule has 0 atom stereocenters. The molecule has 1 saturated heterocycles. The van der Waals surface area contributed by atoms with Crippen LogP contribution in [0.1, 0.15) is 26.7 Å². The maximum absolute atomic E-state index is 12.3. The van der Waals surface area contributed by atoms with Crippen molar-refractivity contribution in [2.45, 2.75) is 33.2 Å². The van der Waals surface area contributed by atoms with Crippen LogP contribution in [-0.2, 0) is 6.54 Å². The van der Waals surface area contributed by atoms with Crippen molar-refractivity contribution < 1.29 is 5.21 Å². The van der Waals surface area contributed by atoms with Gasteiger partial charge in [-0.2, -0.15) is 0 Å². The third-order valence-corrected chi connectivity index (χ3v) is 3.24. The van der Waals surface area contributed by atoms with Gasteiger partial charge in [0.05, 0.1) is 5.71 Å². The van der Waals surface area contributed by atoms with Gasteiger partial charge in [-0.1, -0.05) is 19.0 Å². The summed E-state index contributed by atoms with van der Waals surface area (Å²) in [5, 5.41) is 12.0. The monoisotopic (exact) mass is 264 g/mol. The first-order chi connectivity index (χ1) is 9.11. The number of aromatic nitrogens is 2. The van der Waals surface area contributed by atoms with Gasteiger partial charge in [-0.15, -0.1) is 0 Å². The summed E-state index contributed by atoms with van der Waals surface area (Å²) in [7, 11) is 0. The van der Waals surface area contributed by atoms with Gasteiger partial charge in [0, 0.05) is 44.9 Å². The van der Waals surface area contributed by atoms with E-state index in [1.165, 1.54) is 0 Å². The summed E-state index contributed by atoms with van der Waals surface area (Å²) in [6.07, 6.45) is 4.76. The second kappa shape index (κ2) is 5.86. The third kappa shape index (κ3) is 3.13. The number of anilines is 1. The third-order valence-electron chi connectivity index (χ3n) is 3.24. The highest BCUT2D eigenvalue weighted by atomic mass is 16.4. The summed E-state index contributed by atoms with van der Waals surface area (Å²) in [4.78, 5) is 18.5. The maximum Gasteiger partial charge on any atom is 0.293 e. The molecule has 1 aliphatic rings. The summed E-state index contributed by atoms with van der Waals surface area (Å²) in [5.74, 6) is 0.919. The Bertz CT molecular complexity index is 512. The van der Waals surface area contributed by atoms with Gasteiger partial charge >= 0.3 is 0 Å². The Hall–Kier alpha value is -1.85. The minimum Gasteiger partial charge on any atom is -0.411 e. The van der Waals surface area contributed by atoms with Crippen LogP contribution in [0.25, 0.3) is 0 Å². The van der Waals surface area contributed by atoms with Crippen LogP contribution >= 0.6 is 0 Å². The van der Waals surface area contributed by atoms with Crippen LogP contribution in [0.5, 0.6) is 0 Å². The van der Waals surface area contributed by atoms with Crippen LogP contribution in [0.2, 0.25) is 0 Å². The lowest BCUT2D eigenvalue weighted by Crippen LogP contribution is -2.39. The molecule has 19 heavy (non-hydrogen) atoms.